The number of methoxy groups -OCH3 is 2. The number of alkyl carbamates (subject to hydrolysis) is 2. The number of likely N-dealkylation sites (tertiary alicyclic amines) is 2. The van der Waals surface area contributed by atoms with E-state index in [0.29, 0.717) is 42.8 Å². The van der Waals surface area contributed by atoms with Gasteiger partial charge in [0.05, 0.1) is 63.2 Å². The first-order valence-electron chi connectivity index (χ1n) is 23.3. The molecule has 4 N–H and O–H groups in total. The Morgan fingerprint density at radius 3 is 1.81 bits per heavy atom. The van der Waals surface area contributed by atoms with E-state index in [0.717, 1.165) is 57.6 Å². The summed E-state index contributed by atoms with van der Waals surface area (Å²) in [6.45, 7) is 8.91. The summed E-state index contributed by atoms with van der Waals surface area (Å²) in [5.74, 6) is 1.60. The molecular formula is C50H57N9O10. The summed E-state index contributed by atoms with van der Waals surface area (Å²) in [4.78, 5) is 87.2. The molecule has 9 rings (SSSR count). The number of amides is 5. The van der Waals surface area contributed by atoms with Gasteiger partial charge < -0.3 is 54.1 Å². The first-order chi connectivity index (χ1) is 33.3. The maximum Gasteiger partial charge on any atom is 0.410 e. The van der Waals surface area contributed by atoms with Crippen LogP contribution in [0, 0.1) is 11.8 Å². The number of rotatable bonds is 12. The standard InChI is InChI=1S/C50H57N9O10/c1-27(2)41(55-48(62)65-5)46(60)58-19-7-8-38(58)44-51-21-36(53-44)31-13-9-29(10-14-31)30-11-15-32(16-12-30)37-22-52-45(54-37)39-20-34(24-59(39)47(61)42(28(3)4)56-49(63)66-6)69-50(64)57-23-33-17-18-40-43(35(33)25-57)68-26-67-40/h9-18,21-22,27-28,34,38-39,41-42H,7-8,19-20,23-26H2,1-6H3,(H,51,53)(H,52,54)(H,55,62)(H,56,63)/t34-,38+,39+,41?,42+/m1/s1. The summed E-state index contributed by atoms with van der Waals surface area (Å²) in [5.41, 5.74) is 7.23. The van der Waals surface area contributed by atoms with Gasteiger partial charge in [-0.15, -0.1) is 0 Å². The number of H-pyrrole nitrogens is 2. The van der Waals surface area contributed by atoms with Crippen LogP contribution in [0.3, 0.4) is 0 Å². The van der Waals surface area contributed by atoms with Crippen LogP contribution in [0.1, 0.15) is 81.8 Å². The highest BCUT2D eigenvalue weighted by atomic mass is 16.7. The number of carbonyl (C=O) groups excluding carboxylic acids is 5. The summed E-state index contributed by atoms with van der Waals surface area (Å²) in [6.07, 6.45) is 2.84. The third kappa shape index (κ3) is 9.49. The lowest BCUT2D eigenvalue weighted by molar-refractivity contribution is -0.136. The first kappa shape index (κ1) is 46.5. The summed E-state index contributed by atoms with van der Waals surface area (Å²) < 4.78 is 26.9. The fraction of sp³-hybridized carbons (Fsp3) is 0.420. The van der Waals surface area contributed by atoms with Crippen molar-refractivity contribution in [1.29, 1.82) is 0 Å². The molecule has 5 amide bonds. The van der Waals surface area contributed by atoms with Gasteiger partial charge in [-0.3, -0.25) is 14.5 Å². The van der Waals surface area contributed by atoms with Crippen molar-refractivity contribution in [3.63, 3.8) is 0 Å². The van der Waals surface area contributed by atoms with Crippen LogP contribution in [0.2, 0.25) is 0 Å². The van der Waals surface area contributed by atoms with E-state index in [9.17, 15) is 24.0 Å². The Hall–Kier alpha value is -7.57. The molecule has 5 atom stereocenters. The lowest BCUT2D eigenvalue weighted by Crippen LogP contribution is -2.51. The molecule has 0 radical (unpaired) electrons. The number of aromatic nitrogens is 4. The molecule has 19 heteroatoms. The van der Waals surface area contributed by atoms with E-state index >= 15 is 0 Å². The van der Waals surface area contributed by atoms with Gasteiger partial charge in [0, 0.05) is 25.1 Å². The van der Waals surface area contributed by atoms with Crippen LogP contribution in [0.15, 0.2) is 73.1 Å². The van der Waals surface area contributed by atoms with Gasteiger partial charge >= 0.3 is 18.3 Å². The number of nitrogens with one attached hydrogen (secondary N) is 4. The smallest absolute Gasteiger partial charge is 0.410 e. The van der Waals surface area contributed by atoms with Crippen molar-refractivity contribution in [2.24, 2.45) is 11.8 Å². The third-order valence-corrected chi connectivity index (χ3v) is 13.4. The molecule has 4 aliphatic rings. The van der Waals surface area contributed by atoms with Gasteiger partial charge in [-0.2, -0.15) is 0 Å². The summed E-state index contributed by atoms with van der Waals surface area (Å²) in [5, 5.41) is 5.38. The van der Waals surface area contributed by atoms with E-state index in [4.69, 9.17) is 28.7 Å². The predicted molar refractivity (Wildman–Crippen MR) is 250 cm³/mol. The maximum absolute atomic E-state index is 14.3. The molecule has 1 unspecified atom stereocenters. The largest absolute Gasteiger partial charge is 0.454 e. The molecule has 19 nitrogen and oxygen atoms in total. The number of aromatic amines is 2. The van der Waals surface area contributed by atoms with E-state index < -0.39 is 42.5 Å². The fourth-order valence-electron chi connectivity index (χ4n) is 9.64. The predicted octanol–water partition coefficient (Wildman–Crippen LogP) is 7.08. The molecule has 3 aromatic carbocycles. The van der Waals surface area contributed by atoms with Crippen molar-refractivity contribution in [2.75, 3.05) is 34.1 Å². The Bertz CT molecular complexity index is 2720. The molecule has 6 heterocycles. The van der Waals surface area contributed by atoms with Crippen molar-refractivity contribution < 1.29 is 47.7 Å². The number of carbonyl (C=O) groups is 5. The molecule has 2 aromatic heterocycles. The summed E-state index contributed by atoms with van der Waals surface area (Å²) >= 11 is 0. The third-order valence-electron chi connectivity index (χ3n) is 13.4. The van der Waals surface area contributed by atoms with E-state index in [1.807, 2.05) is 88.4 Å². The average Bonchev–Trinajstić information content (AvgIpc) is 4.22. The van der Waals surface area contributed by atoms with Crippen LogP contribution in [0.5, 0.6) is 11.5 Å². The Kier molecular flexibility index (Phi) is 13.2. The SMILES string of the molecule is COC(=O)NC(C(=O)N1CCC[C@H]1c1ncc(-c2ccc(-c3ccc(-c4cnc([C@@H]5C[C@@H](OC(=O)N6Cc7ccc8c(c7C6)OCO8)CN5C(=O)[C@@H](NC(=O)OC)C(C)C)[nH]4)cc3)cc2)[nH]1)C(C)C. The second-order valence-corrected chi connectivity index (χ2v) is 18.5. The second-order valence-electron chi connectivity index (χ2n) is 18.5. The number of hydrogen-bond donors (Lipinski definition) is 4. The monoisotopic (exact) mass is 943 g/mol. The van der Waals surface area contributed by atoms with E-state index in [1.165, 1.54) is 14.2 Å². The molecular weight excluding hydrogens is 887 g/mol. The number of benzene rings is 3. The average molecular weight is 944 g/mol. The molecule has 5 aromatic rings. The lowest BCUT2D eigenvalue weighted by atomic mass is 10.0. The van der Waals surface area contributed by atoms with E-state index in [1.54, 1.807) is 27.1 Å². The highest BCUT2D eigenvalue weighted by Gasteiger charge is 2.44. The highest BCUT2D eigenvalue weighted by Crippen LogP contribution is 2.42. The minimum absolute atomic E-state index is 0.0934. The fourth-order valence-corrected chi connectivity index (χ4v) is 9.64. The molecule has 4 aliphatic heterocycles. The minimum Gasteiger partial charge on any atom is -0.454 e. The second kappa shape index (κ2) is 19.6. The molecule has 0 saturated carbocycles. The zero-order chi connectivity index (χ0) is 48.5. The summed E-state index contributed by atoms with van der Waals surface area (Å²) in [7, 11) is 2.53. The molecule has 2 fully saturated rings. The van der Waals surface area contributed by atoms with Gasteiger partial charge in [0.25, 0.3) is 0 Å². The van der Waals surface area contributed by atoms with Crippen LogP contribution in [0.25, 0.3) is 33.6 Å². The quantitative estimate of drug-likeness (QED) is 0.0922. The van der Waals surface area contributed by atoms with Gasteiger partial charge in [-0.25, -0.2) is 24.4 Å². The lowest BCUT2D eigenvalue weighted by Gasteiger charge is -2.30. The van der Waals surface area contributed by atoms with Gasteiger partial charge in [0.2, 0.25) is 18.6 Å². The molecule has 0 spiro atoms. The molecule has 0 aliphatic carbocycles. The number of ether oxygens (including phenoxy) is 5. The van der Waals surface area contributed by atoms with Crippen LogP contribution < -0.4 is 20.1 Å². The minimum atomic E-state index is -0.901. The maximum atomic E-state index is 14.3. The van der Waals surface area contributed by atoms with Crippen molar-refractivity contribution in [1.82, 2.24) is 45.3 Å². The van der Waals surface area contributed by atoms with Crippen LogP contribution in [0.4, 0.5) is 14.4 Å². The normalized spacial score (nSPS) is 19.1. The molecule has 2 saturated heterocycles. The van der Waals surface area contributed by atoms with Gasteiger partial charge in [-0.1, -0.05) is 82.3 Å². The topological polar surface area (TPSA) is 223 Å². The van der Waals surface area contributed by atoms with Crippen molar-refractivity contribution >= 4 is 30.1 Å². The molecule has 0 bridgehead atoms. The van der Waals surface area contributed by atoms with Gasteiger partial charge in [0.15, 0.2) is 11.5 Å². The van der Waals surface area contributed by atoms with Crippen molar-refractivity contribution in [2.45, 2.75) is 90.3 Å². The van der Waals surface area contributed by atoms with E-state index in [-0.39, 0.29) is 49.5 Å². The number of nitrogens with zero attached hydrogens (tertiary/aromatic N) is 5. The Balaban J connectivity index is 0.874. The number of fused-ring (bicyclic) bond motifs is 3. The van der Waals surface area contributed by atoms with Crippen molar-refractivity contribution in [3.8, 4) is 45.1 Å². The zero-order valence-corrected chi connectivity index (χ0v) is 39.4. The van der Waals surface area contributed by atoms with E-state index in [2.05, 4.69) is 25.6 Å². The zero-order valence-electron chi connectivity index (χ0n) is 39.4. The summed E-state index contributed by atoms with van der Waals surface area (Å²) in [6, 6.07) is 17.5. The number of imidazole rings is 2. The highest BCUT2D eigenvalue weighted by molar-refractivity contribution is 5.87. The van der Waals surface area contributed by atoms with Crippen LogP contribution in [-0.4, -0.2) is 117 Å². The van der Waals surface area contributed by atoms with Crippen LogP contribution >= 0.6 is 0 Å². The number of hydrogen-bond acceptors (Lipinski definition) is 12. The Morgan fingerprint density at radius 1 is 0.696 bits per heavy atom. The Labute approximate surface area is 399 Å². The Morgan fingerprint density at radius 2 is 1.25 bits per heavy atom. The first-order valence-corrected chi connectivity index (χ1v) is 23.3. The van der Waals surface area contributed by atoms with Gasteiger partial charge in [0.1, 0.15) is 29.8 Å². The van der Waals surface area contributed by atoms with Crippen molar-refractivity contribution in [3.05, 3.63) is 95.8 Å². The molecule has 362 valence electrons. The van der Waals surface area contributed by atoms with Gasteiger partial charge in [-0.05, 0) is 58.6 Å². The van der Waals surface area contributed by atoms with Crippen LogP contribution in [-0.2, 0) is 36.9 Å². The molecule has 69 heavy (non-hydrogen) atoms.